The van der Waals surface area contributed by atoms with Crippen LogP contribution in [0.15, 0.2) is 15.9 Å². The zero-order valence-electron chi connectivity index (χ0n) is 9.72. The minimum atomic E-state index is 0.513. The van der Waals surface area contributed by atoms with Crippen molar-refractivity contribution in [2.24, 2.45) is 5.92 Å². The first-order valence-corrected chi connectivity index (χ1v) is 7.32. The lowest BCUT2D eigenvalue weighted by Crippen LogP contribution is -2.22. The highest BCUT2D eigenvalue weighted by Crippen LogP contribution is 2.33. The predicted octanol–water partition coefficient (Wildman–Crippen LogP) is 4.60. The third-order valence-corrected chi connectivity index (χ3v) is 4.73. The zero-order valence-corrected chi connectivity index (χ0v) is 12.1. The lowest BCUT2D eigenvalue weighted by molar-refractivity contribution is 0.412. The standard InChI is InChI=1S/C12H20BrNS/c1-4-9(3)8-11(14-5-2)12-10(13)6-7-15-12/h6-7,9,11,14H,4-5,8H2,1-3H3. The van der Waals surface area contributed by atoms with E-state index < -0.39 is 0 Å². The van der Waals surface area contributed by atoms with Gasteiger partial charge in [0.15, 0.2) is 0 Å². The largest absolute Gasteiger partial charge is 0.309 e. The molecule has 0 amide bonds. The van der Waals surface area contributed by atoms with E-state index in [1.54, 1.807) is 0 Å². The zero-order chi connectivity index (χ0) is 11.3. The monoisotopic (exact) mass is 289 g/mol. The first-order chi connectivity index (χ1) is 7.19. The molecule has 2 atom stereocenters. The summed E-state index contributed by atoms with van der Waals surface area (Å²) in [6, 6.07) is 2.65. The fourth-order valence-corrected chi connectivity index (χ4v) is 3.39. The molecule has 0 saturated heterocycles. The van der Waals surface area contributed by atoms with Gasteiger partial charge in [-0.05, 0) is 46.3 Å². The van der Waals surface area contributed by atoms with Gasteiger partial charge in [0.05, 0.1) is 0 Å². The second-order valence-corrected chi connectivity index (χ2v) is 5.79. The molecule has 1 aromatic heterocycles. The molecule has 0 radical (unpaired) electrons. The molecule has 0 aromatic carbocycles. The van der Waals surface area contributed by atoms with Crippen LogP contribution in [0.4, 0.5) is 0 Å². The molecule has 0 aliphatic heterocycles. The average molecular weight is 290 g/mol. The van der Waals surface area contributed by atoms with Crippen LogP contribution in [0.1, 0.15) is 44.5 Å². The van der Waals surface area contributed by atoms with Gasteiger partial charge >= 0.3 is 0 Å². The number of nitrogens with one attached hydrogen (secondary N) is 1. The van der Waals surface area contributed by atoms with Gasteiger partial charge in [-0.3, -0.25) is 0 Å². The van der Waals surface area contributed by atoms with Crippen molar-refractivity contribution in [1.29, 1.82) is 0 Å². The van der Waals surface area contributed by atoms with Crippen LogP contribution in [0.3, 0.4) is 0 Å². The van der Waals surface area contributed by atoms with E-state index in [2.05, 4.69) is 53.5 Å². The predicted molar refractivity (Wildman–Crippen MR) is 72.5 cm³/mol. The summed E-state index contributed by atoms with van der Waals surface area (Å²) < 4.78 is 1.25. The highest BCUT2D eigenvalue weighted by molar-refractivity contribution is 9.10. The van der Waals surface area contributed by atoms with Gasteiger partial charge in [0.25, 0.3) is 0 Å². The van der Waals surface area contributed by atoms with Crippen molar-refractivity contribution in [2.45, 2.75) is 39.7 Å². The van der Waals surface area contributed by atoms with E-state index in [1.807, 2.05) is 11.3 Å². The fourth-order valence-electron chi connectivity index (χ4n) is 1.65. The topological polar surface area (TPSA) is 12.0 Å². The second kappa shape index (κ2) is 6.66. The lowest BCUT2D eigenvalue weighted by atomic mass is 9.98. The number of rotatable bonds is 6. The Morgan fingerprint density at radius 2 is 2.20 bits per heavy atom. The van der Waals surface area contributed by atoms with Gasteiger partial charge in [-0.25, -0.2) is 0 Å². The Balaban J connectivity index is 2.69. The molecule has 0 fully saturated rings. The molecule has 0 aliphatic rings. The first-order valence-electron chi connectivity index (χ1n) is 5.65. The molecule has 15 heavy (non-hydrogen) atoms. The van der Waals surface area contributed by atoms with Gasteiger partial charge in [0.2, 0.25) is 0 Å². The number of halogens is 1. The maximum Gasteiger partial charge on any atom is 0.0428 e. The maximum atomic E-state index is 3.62. The molecule has 2 unspecified atom stereocenters. The van der Waals surface area contributed by atoms with E-state index in [9.17, 15) is 0 Å². The molecular formula is C12H20BrNS. The van der Waals surface area contributed by atoms with Gasteiger partial charge in [-0.15, -0.1) is 11.3 Å². The van der Waals surface area contributed by atoms with Crippen LogP contribution in [-0.2, 0) is 0 Å². The second-order valence-electron chi connectivity index (χ2n) is 3.99. The Labute approximate surface area is 105 Å². The molecule has 3 heteroatoms. The van der Waals surface area contributed by atoms with Crippen molar-refractivity contribution in [1.82, 2.24) is 5.32 Å². The summed E-state index contributed by atoms with van der Waals surface area (Å²) in [5, 5.41) is 5.72. The van der Waals surface area contributed by atoms with E-state index in [0.29, 0.717) is 6.04 Å². The summed E-state index contributed by atoms with van der Waals surface area (Å²) in [6.07, 6.45) is 2.48. The average Bonchev–Trinajstić information content (AvgIpc) is 2.63. The van der Waals surface area contributed by atoms with Crippen LogP contribution in [0.5, 0.6) is 0 Å². The summed E-state index contributed by atoms with van der Waals surface area (Å²) in [7, 11) is 0. The summed E-state index contributed by atoms with van der Waals surface area (Å²) in [6.45, 7) is 7.79. The van der Waals surface area contributed by atoms with Crippen molar-refractivity contribution in [3.8, 4) is 0 Å². The Bertz CT molecular complexity index is 285. The van der Waals surface area contributed by atoms with Crippen molar-refractivity contribution in [3.05, 3.63) is 20.8 Å². The molecule has 1 aromatic rings. The van der Waals surface area contributed by atoms with Crippen LogP contribution in [0, 0.1) is 5.92 Å². The minimum Gasteiger partial charge on any atom is -0.309 e. The smallest absolute Gasteiger partial charge is 0.0428 e. The molecule has 0 bridgehead atoms. The Morgan fingerprint density at radius 1 is 1.47 bits per heavy atom. The molecule has 1 N–H and O–H groups in total. The molecule has 0 spiro atoms. The molecule has 0 aliphatic carbocycles. The highest BCUT2D eigenvalue weighted by atomic mass is 79.9. The molecular weight excluding hydrogens is 270 g/mol. The summed E-state index contributed by atoms with van der Waals surface area (Å²) in [5.74, 6) is 0.781. The van der Waals surface area contributed by atoms with Crippen LogP contribution in [0.25, 0.3) is 0 Å². The molecule has 86 valence electrons. The molecule has 0 saturated carbocycles. The van der Waals surface area contributed by atoms with Crippen LogP contribution < -0.4 is 5.32 Å². The quantitative estimate of drug-likeness (QED) is 0.807. The molecule has 1 nitrogen and oxygen atoms in total. The van der Waals surface area contributed by atoms with Gasteiger partial charge in [-0.1, -0.05) is 27.2 Å². The summed E-state index contributed by atoms with van der Waals surface area (Å²) in [4.78, 5) is 1.44. The minimum absolute atomic E-state index is 0.513. The van der Waals surface area contributed by atoms with Gasteiger partial charge in [-0.2, -0.15) is 0 Å². The number of thiophene rings is 1. The summed E-state index contributed by atoms with van der Waals surface area (Å²) in [5.41, 5.74) is 0. The van der Waals surface area contributed by atoms with Crippen molar-refractivity contribution < 1.29 is 0 Å². The number of hydrogen-bond acceptors (Lipinski definition) is 2. The highest BCUT2D eigenvalue weighted by Gasteiger charge is 2.16. The van der Waals surface area contributed by atoms with E-state index in [4.69, 9.17) is 0 Å². The van der Waals surface area contributed by atoms with Crippen LogP contribution in [0.2, 0.25) is 0 Å². The lowest BCUT2D eigenvalue weighted by Gasteiger charge is -2.20. The van der Waals surface area contributed by atoms with Crippen LogP contribution in [-0.4, -0.2) is 6.54 Å². The maximum absolute atomic E-state index is 3.62. The Hall–Kier alpha value is 0.140. The van der Waals surface area contributed by atoms with E-state index in [-0.39, 0.29) is 0 Å². The van der Waals surface area contributed by atoms with Crippen molar-refractivity contribution in [2.75, 3.05) is 6.54 Å². The molecule has 1 rings (SSSR count). The third-order valence-electron chi connectivity index (χ3n) is 2.75. The first kappa shape index (κ1) is 13.2. The van der Waals surface area contributed by atoms with E-state index in [1.165, 1.54) is 22.2 Å². The van der Waals surface area contributed by atoms with Gasteiger partial charge in [0, 0.05) is 15.4 Å². The van der Waals surface area contributed by atoms with E-state index >= 15 is 0 Å². The van der Waals surface area contributed by atoms with Gasteiger partial charge < -0.3 is 5.32 Å². The number of hydrogen-bond donors (Lipinski definition) is 1. The van der Waals surface area contributed by atoms with Crippen molar-refractivity contribution >= 4 is 27.3 Å². The third kappa shape index (κ3) is 3.89. The van der Waals surface area contributed by atoms with Crippen LogP contribution >= 0.6 is 27.3 Å². The molecule has 1 heterocycles. The SMILES string of the molecule is CCNC(CC(C)CC)c1sccc1Br. The normalized spacial score (nSPS) is 15.2. The van der Waals surface area contributed by atoms with E-state index in [0.717, 1.165) is 12.5 Å². The Kier molecular flexibility index (Phi) is 5.87. The van der Waals surface area contributed by atoms with Crippen molar-refractivity contribution in [3.63, 3.8) is 0 Å². The summed E-state index contributed by atoms with van der Waals surface area (Å²) >= 11 is 5.46. The fraction of sp³-hybridized carbons (Fsp3) is 0.667. The Morgan fingerprint density at radius 3 is 2.67 bits per heavy atom. The van der Waals surface area contributed by atoms with Gasteiger partial charge in [0.1, 0.15) is 0 Å².